The van der Waals surface area contributed by atoms with Gasteiger partial charge >= 0.3 is 0 Å². The number of para-hydroxylation sites is 1. The van der Waals surface area contributed by atoms with Crippen molar-refractivity contribution in [2.75, 3.05) is 5.32 Å². The SMILES string of the molecule is C[C@H](NC(=O)C[C@@]1(N)CC1C(=O)NC(C)(C)C)C(=O)Nc1ccccc1. The first-order valence-electron chi connectivity index (χ1n) is 8.76. The summed E-state index contributed by atoms with van der Waals surface area (Å²) < 4.78 is 0. The molecular weight excluding hydrogens is 332 g/mol. The maximum atomic E-state index is 12.2. The lowest BCUT2D eigenvalue weighted by Gasteiger charge is -2.21. The number of nitrogens with one attached hydrogen (secondary N) is 3. The molecule has 1 aliphatic rings. The Kier molecular flexibility index (Phi) is 5.71. The van der Waals surface area contributed by atoms with Crippen LogP contribution in [-0.2, 0) is 14.4 Å². The Bertz CT molecular complexity index is 684. The van der Waals surface area contributed by atoms with Gasteiger partial charge in [0.1, 0.15) is 6.04 Å². The van der Waals surface area contributed by atoms with E-state index in [9.17, 15) is 14.4 Å². The van der Waals surface area contributed by atoms with Gasteiger partial charge in [-0.25, -0.2) is 0 Å². The zero-order chi connectivity index (χ0) is 19.5. The fraction of sp³-hybridized carbons (Fsp3) is 0.526. The second kappa shape index (κ2) is 7.45. The van der Waals surface area contributed by atoms with E-state index in [1.807, 2.05) is 39.0 Å². The number of hydrogen-bond donors (Lipinski definition) is 4. The van der Waals surface area contributed by atoms with Crippen molar-refractivity contribution in [2.24, 2.45) is 11.7 Å². The smallest absolute Gasteiger partial charge is 0.246 e. The minimum Gasteiger partial charge on any atom is -0.351 e. The van der Waals surface area contributed by atoms with Crippen molar-refractivity contribution in [3.8, 4) is 0 Å². The molecule has 1 aliphatic carbocycles. The van der Waals surface area contributed by atoms with Crippen molar-refractivity contribution < 1.29 is 14.4 Å². The molecule has 7 nitrogen and oxygen atoms in total. The summed E-state index contributed by atoms with van der Waals surface area (Å²) in [5, 5.41) is 8.25. The molecule has 2 rings (SSSR count). The van der Waals surface area contributed by atoms with E-state index in [-0.39, 0.29) is 35.6 Å². The van der Waals surface area contributed by atoms with Gasteiger partial charge in [-0.1, -0.05) is 18.2 Å². The second-order valence-electron chi connectivity index (χ2n) is 8.05. The molecule has 3 amide bonds. The summed E-state index contributed by atoms with van der Waals surface area (Å²) >= 11 is 0. The van der Waals surface area contributed by atoms with Crippen LogP contribution in [0.1, 0.15) is 40.5 Å². The monoisotopic (exact) mass is 360 g/mol. The van der Waals surface area contributed by atoms with E-state index in [1.54, 1.807) is 19.1 Å². The summed E-state index contributed by atoms with van der Waals surface area (Å²) in [5.41, 5.74) is 5.65. The zero-order valence-electron chi connectivity index (χ0n) is 15.8. The Labute approximate surface area is 154 Å². The first-order chi connectivity index (χ1) is 12.0. The Morgan fingerprint density at radius 1 is 1.23 bits per heavy atom. The first-order valence-corrected chi connectivity index (χ1v) is 8.76. The Hall–Kier alpha value is -2.41. The Balaban J connectivity index is 1.81. The lowest BCUT2D eigenvalue weighted by atomic mass is 10.1. The first kappa shape index (κ1) is 19.9. The number of amides is 3. The Morgan fingerprint density at radius 2 is 1.85 bits per heavy atom. The highest BCUT2D eigenvalue weighted by Gasteiger charge is 2.56. The van der Waals surface area contributed by atoms with Crippen molar-refractivity contribution in [1.29, 1.82) is 0 Å². The molecule has 0 spiro atoms. The average molecular weight is 360 g/mol. The lowest BCUT2D eigenvalue weighted by molar-refractivity contribution is -0.127. The molecule has 7 heteroatoms. The fourth-order valence-electron chi connectivity index (χ4n) is 2.76. The van der Waals surface area contributed by atoms with Crippen molar-refractivity contribution in [3.05, 3.63) is 30.3 Å². The van der Waals surface area contributed by atoms with Crippen LogP contribution in [0.5, 0.6) is 0 Å². The Morgan fingerprint density at radius 3 is 2.42 bits per heavy atom. The standard InChI is InChI=1S/C19H28N4O3/c1-12(16(25)22-13-8-6-5-7-9-13)21-15(24)11-19(20)10-14(19)17(26)23-18(2,3)4/h5-9,12,14H,10-11,20H2,1-4H3,(H,21,24)(H,22,25)(H,23,26)/t12-,14?,19-/m0/s1. The van der Waals surface area contributed by atoms with Crippen LogP contribution in [0.25, 0.3) is 0 Å². The predicted molar refractivity (Wildman–Crippen MR) is 100 cm³/mol. The summed E-state index contributed by atoms with van der Waals surface area (Å²) in [6, 6.07) is 8.31. The molecule has 5 N–H and O–H groups in total. The normalized spacial score (nSPS) is 22.9. The highest BCUT2D eigenvalue weighted by Crippen LogP contribution is 2.44. The molecular formula is C19H28N4O3. The molecule has 0 saturated heterocycles. The third-order valence-electron chi connectivity index (χ3n) is 4.23. The van der Waals surface area contributed by atoms with Gasteiger partial charge in [0.25, 0.3) is 0 Å². The van der Waals surface area contributed by atoms with Crippen LogP contribution in [0.3, 0.4) is 0 Å². The summed E-state index contributed by atoms with van der Waals surface area (Å²) in [6.07, 6.45) is 0.477. The largest absolute Gasteiger partial charge is 0.351 e. The van der Waals surface area contributed by atoms with Gasteiger partial charge in [-0.15, -0.1) is 0 Å². The number of carbonyl (C=O) groups is 3. The molecule has 142 valence electrons. The van der Waals surface area contributed by atoms with Crippen LogP contribution in [0.4, 0.5) is 5.69 Å². The van der Waals surface area contributed by atoms with Gasteiger partial charge in [-0.2, -0.15) is 0 Å². The third kappa shape index (κ3) is 5.56. The average Bonchev–Trinajstić information content (AvgIpc) is 3.17. The molecule has 26 heavy (non-hydrogen) atoms. The number of rotatable bonds is 6. The molecule has 0 aromatic heterocycles. The van der Waals surface area contributed by atoms with Crippen LogP contribution in [0.2, 0.25) is 0 Å². The van der Waals surface area contributed by atoms with Gasteiger partial charge in [0, 0.05) is 23.2 Å². The fourth-order valence-corrected chi connectivity index (χ4v) is 2.76. The van der Waals surface area contributed by atoms with E-state index in [1.165, 1.54) is 0 Å². The third-order valence-corrected chi connectivity index (χ3v) is 4.23. The summed E-state index contributed by atoms with van der Waals surface area (Å²) in [7, 11) is 0. The highest BCUT2D eigenvalue weighted by molar-refractivity contribution is 5.97. The van der Waals surface area contributed by atoms with Crippen LogP contribution in [0.15, 0.2) is 30.3 Å². The molecule has 3 atom stereocenters. The quantitative estimate of drug-likeness (QED) is 0.609. The summed E-state index contributed by atoms with van der Waals surface area (Å²) in [6.45, 7) is 7.29. The number of carbonyl (C=O) groups excluding carboxylic acids is 3. The molecule has 0 heterocycles. The summed E-state index contributed by atoms with van der Waals surface area (Å²) in [5.74, 6) is -1.16. The summed E-state index contributed by atoms with van der Waals surface area (Å²) in [4.78, 5) is 36.5. The van der Waals surface area contributed by atoms with Gasteiger partial charge in [-0.05, 0) is 46.2 Å². The molecule has 1 fully saturated rings. The van der Waals surface area contributed by atoms with E-state index >= 15 is 0 Å². The maximum absolute atomic E-state index is 12.2. The molecule has 0 aliphatic heterocycles. The lowest BCUT2D eigenvalue weighted by Crippen LogP contribution is -2.46. The molecule has 1 saturated carbocycles. The van der Waals surface area contributed by atoms with Gasteiger partial charge in [0.05, 0.1) is 5.92 Å². The molecule has 1 aromatic rings. The van der Waals surface area contributed by atoms with Gasteiger partial charge in [-0.3, -0.25) is 14.4 Å². The molecule has 0 bridgehead atoms. The van der Waals surface area contributed by atoms with Crippen molar-refractivity contribution in [1.82, 2.24) is 10.6 Å². The van der Waals surface area contributed by atoms with Crippen molar-refractivity contribution in [3.63, 3.8) is 0 Å². The van der Waals surface area contributed by atoms with E-state index in [0.29, 0.717) is 12.1 Å². The topological polar surface area (TPSA) is 113 Å². The predicted octanol–water partition coefficient (Wildman–Crippen LogP) is 1.15. The van der Waals surface area contributed by atoms with Gasteiger partial charge < -0.3 is 21.7 Å². The minimum absolute atomic E-state index is 0.0121. The van der Waals surface area contributed by atoms with Crippen molar-refractivity contribution >= 4 is 23.4 Å². The van der Waals surface area contributed by atoms with Crippen LogP contribution >= 0.6 is 0 Å². The van der Waals surface area contributed by atoms with Crippen LogP contribution < -0.4 is 21.7 Å². The van der Waals surface area contributed by atoms with E-state index in [2.05, 4.69) is 16.0 Å². The number of anilines is 1. The highest BCUT2D eigenvalue weighted by atomic mass is 16.2. The van der Waals surface area contributed by atoms with Crippen molar-refractivity contribution in [2.45, 2.75) is 57.7 Å². The zero-order valence-corrected chi connectivity index (χ0v) is 15.8. The minimum atomic E-state index is -0.838. The van der Waals surface area contributed by atoms with E-state index in [0.717, 1.165) is 0 Å². The maximum Gasteiger partial charge on any atom is 0.246 e. The number of benzene rings is 1. The van der Waals surface area contributed by atoms with Gasteiger partial charge in [0.15, 0.2) is 0 Å². The van der Waals surface area contributed by atoms with Gasteiger partial charge in [0.2, 0.25) is 17.7 Å². The van der Waals surface area contributed by atoms with Crippen LogP contribution in [-0.4, -0.2) is 34.8 Å². The molecule has 1 unspecified atom stereocenters. The second-order valence-corrected chi connectivity index (χ2v) is 8.05. The number of hydrogen-bond acceptors (Lipinski definition) is 4. The van der Waals surface area contributed by atoms with E-state index < -0.39 is 11.6 Å². The molecule has 0 radical (unpaired) electrons. The number of nitrogens with two attached hydrogens (primary N) is 1. The molecule has 1 aromatic carbocycles. The van der Waals surface area contributed by atoms with E-state index in [4.69, 9.17) is 5.73 Å². The van der Waals surface area contributed by atoms with Crippen LogP contribution in [0, 0.1) is 5.92 Å².